The summed E-state index contributed by atoms with van der Waals surface area (Å²) in [5, 5.41) is 12.4. The summed E-state index contributed by atoms with van der Waals surface area (Å²) in [5.41, 5.74) is 3.67. The van der Waals surface area contributed by atoms with Gasteiger partial charge in [0.15, 0.2) is 0 Å². The van der Waals surface area contributed by atoms with Crippen LogP contribution in [0, 0.1) is 6.92 Å². The third kappa shape index (κ3) is 4.99. The average molecular weight is 353 g/mol. The SMILES string of the molecule is Cc1ccccc1CCNC(=O)CN1CCN(c2ccc(O)cc2)CC1. The van der Waals surface area contributed by atoms with Crippen molar-refractivity contribution in [1.82, 2.24) is 10.2 Å². The minimum absolute atomic E-state index is 0.0941. The van der Waals surface area contributed by atoms with Gasteiger partial charge in [0, 0.05) is 38.4 Å². The van der Waals surface area contributed by atoms with E-state index in [9.17, 15) is 9.90 Å². The molecule has 5 nitrogen and oxygen atoms in total. The van der Waals surface area contributed by atoms with Gasteiger partial charge in [-0.05, 0) is 48.7 Å². The quantitative estimate of drug-likeness (QED) is 0.836. The van der Waals surface area contributed by atoms with Gasteiger partial charge in [-0.3, -0.25) is 9.69 Å². The molecule has 1 aliphatic rings. The van der Waals surface area contributed by atoms with E-state index in [1.165, 1.54) is 11.1 Å². The summed E-state index contributed by atoms with van der Waals surface area (Å²) in [6.45, 7) is 6.75. The standard InChI is InChI=1S/C21H27N3O2/c1-17-4-2-3-5-18(17)10-11-22-21(26)16-23-12-14-24(15-13-23)19-6-8-20(25)9-7-19/h2-9,25H,10-16H2,1H3,(H,22,26). The Hall–Kier alpha value is -2.53. The van der Waals surface area contributed by atoms with Crippen LogP contribution in [0.5, 0.6) is 5.75 Å². The van der Waals surface area contributed by atoms with Crippen molar-refractivity contribution in [2.24, 2.45) is 0 Å². The molecule has 1 amide bonds. The molecule has 3 rings (SSSR count). The molecule has 2 aromatic rings. The molecule has 0 radical (unpaired) electrons. The molecule has 0 saturated carbocycles. The number of hydrogen-bond donors (Lipinski definition) is 2. The summed E-state index contributed by atoms with van der Waals surface area (Å²) in [7, 11) is 0. The van der Waals surface area contributed by atoms with Gasteiger partial charge in [0.1, 0.15) is 5.75 Å². The second kappa shape index (κ2) is 8.72. The number of rotatable bonds is 6. The van der Waals surface area contributed by atoms with E-state index in [0.29, 0.717) is 13.1 Å². The maximum atomic E-state index is 12.2. The predicted molar refractivity (Wildman–Crippen MR) is 105 cm³/mol. The highest BCUT2D eigenvalue weighted by atomic mass is 16.3. The Morgan fingerprint density at radius 1 is 1.04 bits per heavy atom. The summed E-state index contributed by atoms with van der Waals surface area (Å²) in [4.78, 5) is 16.7. The highest BCUT2D eigenvalue weighted by Gasteiger charge is 2.19. The number of phenolic OH excluding ortho intramolecular Hbond substituents is 1. The smallest absolute Gasteiger partial charge is 0.234 e. The second-order valence-corrected chi connectivity index (χ2v) is 6.81. The van der Waals surface area contributed by atoms with E-state index in [4.69, 9.17) is 0 Å². The fraction of sp³-hybridized carbons (Fsp3) is 0.381. The van der Waals surface area contributed by atoms with E-state index in [1.807, 2.05) is 24.3 Å². The Labute approximate surface area is 155 Å². The van der Waals surface area contributed by atoms with Gasteiger partial charge in [0.2, 0.25) is 5.91 Å². The molecule has 26 heavy (non-hydrogen) atoms. The highest BCUT2D eigenvalue weighted by Crippen LogP contribution is 2.19. The molecule has 2 N–H and O–H groups in total. The second-order valence-electron chi connectivity index (χ2n) is 6.81. The Bertz CT molecular complexity index is 722. The number of piperazine rings is 1. The van der Waals surface area contributed by atoms with Crippen molar-refractivity contribution in [2.75, 3.05) is 44.2 Å². The molecule has 0 unspecified atom stereocenters. The van der Waals surface area contributed by atoms with Gasteiger partial charge in [0.25, 0.3) is 0 Å². The number of anilines is 1. The van der Waals surface area contributed by atoms with Gasteiger partial charge in [-0.25, -0.2) is 0 Å². The van der Waals surface area contributed by atoms with E-state index in [0.717, 1.165) is 38.3 Å². The Morgan fingerprint density at radius 2 is 1.73 bits per heavy atom. The third-order valence-electron chi connectivity index (χ3n) is 4.93. The molecule has 138 valence electrons. The molecule has 2 aromatic carbocycles. The number of nitrogens with zero attached hydrogens (tertiary/aromatic N) is 2. The summed E-state index contributed by atoms with van der Waals surface area (Å²) in [6.07, 6.45) is 0.868. The number of benzene rings is 2. The number of nitrogens with one attached hydrogen (secondary N) is 1. The molecule has 5 heteroatoms. The number of aromatic hydroxyl groups is 1. The van der Waals surface area contributed by atoms with Crippen molar-refractivity contribution >= 4 is 11.6 Å². The van der Waals surface area contributed by atoms with Gasteiger partial charge in [-0.1, -0.05) is 24.3 Å². The molecular formula is C21H27N3O2. The van der Waals surface area contributed by atoms with Crippen LogP contribution in [-0.4, -0.2) is 55.2 Å². The lowest BCUT2D eigenvalue weighted by atomic mass is 10.1. The molecule has 0 atom stereocenters. The molecule has 0 bridgehead atoms. The number of hydrogen-bond acceptors (Lipinski definition) is 4. The Kier molecular flexibility index (Phi) is 6.12. The van der Waals surface area contributed by atoms with Crippen molar-refractivity contribution < 1.29 is 9.90 Å². The number of aryl methyl sites for hydroxylation is 1. The van der Waals surface area contributed by atoms with Gasteiger partial charge >= 0.3 is 0 Å². The number of amides is 1. The molecule has 1 saturated heterocycles. The fourth-order valence-electron chi connectivity index (χ4n) is 3.31. The zero-order chi connectivity index (χ0) is 18.4. The maximum Gasteiger partial charge on any atom is 0.234 e. The topological polar surface area (TPSA) is 55.8 Å². The molecule has 0 aliphatic carbocycles. The largest absolute Gasteiger partial charge is 0.508 e. The van der Waals surface area contributed by atoms with Crippen LogP contribution in [0.4, 0.5) is 5.69 Å². The zero-order valence-electron chi connectivity index (χ0n) is 15.3. The number of carbonyl (C=O) groups excluding carboxylic acids is 1. The van der Waals surface area contributed by atoms with Crippen LogP contribution in [-0.2, 0) is 11.2 Å². The van der Waals surface area contributed by atoms with Crippen LogP contribution in [0.2, 0.25) is 0 Å². The predicted octanol–water partition coefficient (Wildman–Crippen LogP) is 2.18. The van der Waals surface area contributed by atoms with Crippen LogP contribution in [0.25, 0.3) is 0 Å². The van der Waals surface area contributed by atoms with Crippen LogP contribution >= 0.6 is 0 Å². The van der Waals surface area contributed by atoms with Crippen LogP contribution in [0.15, 0.2) is 48.5 Å². The van der Waals surface area contributed by atoms with Gasteiger partial charge in [-0.2, -0.15) is 0 Å². The first-order chi connectivity index (χ1) is 12.6. The van der Waals surface area contributed by atoms with Crippen molar-refractivity contribution in [3.8, 4) is 5.75 Å². The van der Waals surface area contributed by atoms with Crippen LogP contribution in [0.3, 0.4) is 0 Å². The summed E-state index contributed by atoms with van der Waals surface area (Å²) >= 11 is 0. The Balaban J connectivity index is 1.38. The van der Waals surface area contributed by atoms with Crippen LogP contribution in [0.1, 0.15) is 11.1 Å². The minimum atomic E-state index is 0.0941. The summed E-state index contributed by atoms with van der Waals surface area (Å²) in [6, 6.07) is 15.6. The molecule has 0 aromatic heterocycles. The van der Waals surface area contributed by atoms with E-state index in [1.54, 1.807) is 12.1 Å². The van der Waals surface area contributed by atoms with Crippen molar-refractivity contribution in [2.45, 2.75) is 13.3 Å². The first-order valence-corrected chi connectivity index (χ1v) is 9.19. The first-order valence-electron chi connectivity index (χ1n) is 9.19. The van der Waals surface area contributed by atoms with Crippen LogP contribution < -0.4 is 10.2 Å². The van der Waals surface area contributed by atoms with E-state index >= 15 is 0 Å². The highest BCUT2D eigenvalue weighted by molar-refractivity contribution is 5.78. The van der Waals surface area contributed by atoms with Crippen molar-refractivity contribution in [3.63, 3.8) is 0 Å². The van der Waals surface area contributed by atoms with E-state index < -0.39 is 0 Å². The average Bonchev–Trinajstić information content (AvgIpc) is 2.65. The zero-order valence-corrected chi connectivity index (χ0v) is 15.3. The van der Waals surface area contributed by atoms with E-state index in [-0.39, 0.29) is 11.7 Å². The van der Waals surface area contributed by atoms with Crippen molar-refractivity contribution in [3.05, 3.63) is 59.7 Å². The Morgan fingerprint density at radius 3 is 2.42 bits per heavy atom. The molecule has 1 fully saturated rings. The summed E-state index contributed by atoms with van der Waals surface area (Å²) < 4.78 is 0. The lowest BCUT2D eigenvalue weighted by Gasteiger charge is -2.35. The van der Waals surface area contributed by atoms with Crippen molar-refractivity contribution in [1.29, 1.82) is 0 Å². The first kappa shape index (κ1) is 18.3. The lowest BCUT2D eigenvalue weighted by Crippen LogP contribution is -2.49. The van der Waals surface area contributed by atoms with Gasteiger partial charge in [0.05, 0.1) is 6.54 Å². The van der Waals surface area contributed by atoms with Gasteiger partial charge < -0.3 is 15.3 Å². The number of phenols is 1. The summed E-state index contributed by atoms with van der Waals surface area (Å²) in [5.74, 6) is 0.381. The maximum absolute atomic E-state index is 12.2. The molecule has 1 heterocycles. The number of carbonyl (C=O) groups is 1. The molecular weight excluding hydrogens is 326 g/mol. The van der Waals surface area contributed by atoms with Gasteiger partial charge in [-0.15, -0.1) is 0 Å². The molecule has 0 spiro atoms. The minimum Gasteiger partial charge on any atom is -0.508 e. The normalized spacial score (nSPS) is 15.0. The van der Waals surface area contributed by atoms with E-state index in [2.05, 4.69) is 34.2 Å². The lowest BCUT2D eigenvalue weighted by molar-refractivity contribution is -0.122. The molecule has 1 aliphatic heterocycles. The fourth-order valence-corrected chi connectivity index (χ4v) is 3.31. The monoisotopic (exact) mass is 353 g/mol. The third-order valence-corrected chi connectivity index (χ3v) is 4.93.